The van der Waals surface area contributed by atoms with Crippen LogP contribution in [0.15, 0.2) is 48.5 Å². The second kappa shape index (κ2) is 8.71. The van der Waals surface area contributed by atoms with Crippen LogP contribution in [0.5, 0.6) is 5.75 Å². The smallest absolute Gasteiger partial charge is 0.225 e. The number of carbonyl (C=O) groups excluding carboxylic acids is 1. The van der Waals surface area contributed by atoms with Crippen LogP contribution in [-0.4, -0.2) is 18.8 Å². The monoisotopic (exact) mass is 335 g/mol. The predicted molar refractivity (Wildman–Crippen MR) is 93.9 cm³/mol. The summed E-state index contributed by atoms with van der Waals surface area (Å²) >= 11 is 7.65. The zero-order valence-electron chi connectivity index (χ0n) is 12.3. The van der Waals surface area contributed by atoms with Crippen LogP contribution in [0.1, 0.15) is 12.0 Å². The van der Waals surface area contributed by atoms with E-state index >= 15 is 0 Å². The SMILES string of the molecule is COc1ccccc1NC(=O)CCSCc1cccc(Cl)c1. The van der Waals surface area contributed by atoms with Crippen LogP contribution in [0.4, 0.5) is 5.69 Å². The summed E-state index contributed by atoms with van der Waals surface area (Å²) in [6.07, 6.45) is 0.462. The van der Waals surface area contributed by atoms with E-state index in [0.29, 0.717) is 17.9 Å². The van der Waals surface area contributed by atoms with E-state index in [1.807, 2.05) is 48.5 Å². The predicted octanol–water partition coefficient (Wildman–Crippen LogP) is 4.61. The van der Waals surface area contributed by atoms with Gasteiger partial charge in [-0.15, -0.1) is 0 Å². The van der Waals surface area contributed by atoms with Crippen LogP contribution in [-0.2, 0) is 10.5 Å². The van der Waals surface area contributed by atoms with E-state index in [1.165, 1.54) is 5.56 Å². The van der Waals surface area contributed by atoms with Gasteiger partial charge in [0.15, 0.2) is 0 Å². The fourth-order valence-electron chi connectivity index (χ4n) is 1.94. The molecule has 5 heteroatoms. The van der Waals surface area contributed by atoms with Crippen molar-refractivity contribution < 1.29 is 9.53 Å². The molecule has 0 aliphatic rings. The lowest BCUT2D eigenvalue weighted by Gasteiger charge is -2.09. The highest BCUT2D eigenvalue weighted by Crippen LogP contribution is 2.23. The molecule has 0 saturated heterocycles. The molecule has 0 spiro atoms. The molecule has 116 valence electrons. The van der Waals surface area contributed by atoms with Gasteiger partial charge in [0.05, 0.1) is 12.8 Å². The van der Waals surface area contributed by atoms with Gasteiger partial charge in [-0.3, -0.25) is 4.79 Å². The minimum atomic E-state index is -0.0110. The minimum absolute atomic E-state index is 0.0110. The van der Waals surface area contributed by atoms with Crippen molar-refractivity contribution >= 4 is 35.0 Å². The quantitative estimate of drug-likeness (QED) is 0.751. The summed E-state index contributed by atoms with van der Waals surface area (Å²) < 4.78 is 5.21. The van der Waals surface area contributed by atoms with Crippen LogP contribution in [0.25, 0.3) is 0 Å². The molecule has 0 aromatic heterocycles. The number of nitrogens with one attached hydrogen (secondary N) is 1. The van der Waals surface area contributed by atoms with Gasteiger partial charge in [-0.1, -0.05) is 35.9 Å². The van der Waals surface area contributed by atoms with Gasteiger partial charge in [-0.25, -0.2) is 0 Å². The van der Waals surface area contributed by atoms with Gasteiger partial charge in [0.1, 0.15) is 5.75 Å². The summed E-state index contributed by atoms with van der Waals surface area (Å²) in [4.78, 5) is 11.9. The molecule has 0 aliphatic carbocycles. The molecular weight excluding hydrogens is 318 g/mol. The molecule has 0 atom stereocenters. The van der Waals surface area contributed by atoms with Crippen molar-refractivity contribution in [3.05, 3.63) is 59.1 Å². The molecule has 0 heterocycles. The Balaban J connectivity index is 1.74. The number of halogens is 1. The van der Waals surface area contributed by atoms with Gasteiger partial charge in [0.25, 0.3) is 0 Å². The highest BCUT2D eigenvalue weighted by atomic mass is 35.5. The Bertz CT molecular complexity index is 634. The number of methoxy groups -OCH3 is 1. The minimum Gasteiger partial charge on any atom is -0.495 e. The maximum Gasteiger partial charge on any atom is 0.225 e. The molecule has 0 bridgehead atoms. The number of carbonyl (C=O) groups is 1. The van der Waals surface area contributed by atoms with Crippen LogP contribution >= 0.6 is 23.4 Å². The summed E-state index contributed by atoms with van der Waals surface area (Å²) in [7, 11) is 1.59. The van der Waals surface area contributed by atoms with Crippen LogP contribution in [0.2, 0.25) is 5.02 Å². The van der Waals surface area contributed by atoms with Crippen LogP contribution in [0.3, 0.4) is 0 Å². The van der Waals surface area contributed by atoms with Crippen LogP contribution in [0, 0.1) is 0 Å². The number of para-hydroxylation sites is 2. The van der Waals surface area contributed by atoms with E-state index in [1.54, 1.807) is 18.9 Å². The summed E-state index contributed by atoms with van der Waals surface area (Å²) in [5.41, 5.74) is 1.87. The molecule has 2 rings (SSSR count). The Morgan fingerprint density at radius 2 is 2.05 bits per heavy atom. The van der Waals surface area contributed by atoms with Gasteiger partial charge < -0.3 is 10.1 Å². The third kappa shape index (κ3) is 5.28. The van der Waals surface area contributed by atoms with Gasteiger partial charge >= 0.3 is 0 Å². The lowest BCUT2D eigenvalue weighted by Crippen LogP contribution is -2.12. The number of amides is 1. The van der Waals surface area contributed by atoms with Crippen molar-refractivity contribution in [1.29, 1.82) is 0 Å². The number of hydrogen-bond acceptors (Lipinski definition) is 3. The molecule has 2 aromatic carbocycles. The fourth-order valence-corrected chi connectivity index (χ4v) is 3.04. The molecule has 1 amide bonds. The molecule has 0 aliphatic heterocycles. The lowest BCUT2D eigenvalue weighted by molar-refractivity contribution is -0.115. The first-order valence-electron chi connectivity index (χ1n) is 6.94. The first kappa shape index (κ1) is 16.7. The Hall–Kier alpha value is -1.65. The highest BCUT2D eigenvalue weighted by Gasteiger charge is 2.06. The molecule has 0 fully saturated rings. The second-order valence-corrected chi connectivity index (χ2v) is 6.22. The fraction of sp³-hybridized carbons (Fsp3) is 0.235. The third-order valence-electron chi connectivity index (χ3n) is 3.01. The number of anilines is 1. The summed E-state index contributed by atoms with van der Waals surface area (Å²) in [5, 5.41) is 3.61. The number of hydrogen-bond donors (Lipinski definition) is 1. The maximum absolute atomic E-state index is 11.9. The van der Waals surface area contributed by atoms with Gasteiger partial charge in [0.2, 0.25) is 5.91 Å². The standard InChI is InChI=1S/C17H18ClNO2S/c1-21-16-8-3-2-7-15(16)19-17(20)9-10-22-12-13-5-4-6-14(18)11-13/h2-8,11H,9-10,12H2,1H3,(H,19,20). The molecule has 1 N–H and O–H groups in total. The van der Waals surface area contributed by atoms with E-state index in [2.05, 4.69) is 5.32 Å². The topological polar surface area (TPSA) is 38.3 Å². The molecule has 2 aromatic rings. The molecule has 0 unspecified atom stereocenters. The normalized spacial score (nSPS) is 10.3. The Labute approximate surface area is 140 Å². The van der Waals surface area contributed by atoms with Gasteiger partial charge in [0, 0.05) is 22.9 Å². The number of rotatable bonds is 7. The van der Waals surface area contributed by atoms with E-state index in [4.69, 9.17) is 16.3 Å². The van der Waals surface area contributed by atoms with Gasteiger partial charge in [-0.05, 0) is 29.8 Å². The van der Waals surface area contributed by atoms with Crippen molar-refractivity contribution in [3.8, 4) is 5.75 Å². The number of ether oxygens (including phenoxy) is 1. The summed E-state index contributed by atoms with van der Waals surface area (Å²) in [6.45, 7) is 0. The Kier molecular flexibility index (Phi) is 6.62. The first-order chi connectivity index (χ1) is 10.7. The first-order valence-corrected chi connectivity index (χ1v) is 8.47. The average Bonchev–Trinajstić information content (AvgIpc) is 2.52. The zero-order valence-corrected chi connectivity index (χ0v) is 13.9. The van der Waals surface area contributed by atoms with Crippen LogP contribution < -0.4 is 10.1 Å². The van der Waals surface area contributed by atoms with Crippen molar-refractivity contribution in [2.75, 3.05) is 18.2 Å². The van der Waals surface area contributed by atoms with Crippen molar-refractivity contribution in [2.45, 2.75) is 12.2 Å². The number of thioether (sulfide) groups is 1. The van der Waals surface area contributed by atoms with E-state index < -0.39 is 0 Å². The largest absolute Gasteiger partial charge is 0.495 e. The van der Waals surface area contributed by atoms with E-state index in [9.17, 15) is 4.79 Å². The number of benzene rings is 2. The lowest BCUT2D eigenvalue weighted by atomic mass is 10.2. The molecule has 0 radical (unpaired) electrons. The molecule has 0 saturated carbocycles. The Morgan fingerprint density at radius 3 is 2.82 bits per heavy atom. The van der Waals surface area contributed by atoms with Crippen molar-refractivity contribution in [1.82, 2.24) is 0 Å². The molecular formula is C17H18ClNO2S. The van der Waals surface area contributed by atoms with Crippen molar-refractivity contribution in [2.24, 2.45) is 0 Å². The summed E-state index contributed by atoms with van der Waals surface area (Å²) in [5.74, 6) is 2.27. The maximum atomic E-state index is 11.9. The highest BCUT2D eigenvalue weighted by molar-refractivity contribution is 7.98. The Morgan fingerprint density at radius 1 is 1.23 bits per heavy atom. The molecule has 22 heavy (non-hydrogen) atoms. The second-order valence-electron chi connectivity index (χ2n) is 4.68. The summed E-state index contributed by atoms with van der Waals surface area (Å²) in [6, 6.07) is 15.2. The zero-order chi connectivity index (χ0) is 15.8. The molecule has 3 nitrogen and oxygen atoms in total. The average molecular weight is 336 g/mol. The van der Waals surface area contributed by atoms with E-state index in [0.717, 1.165) is 16.5 Å². The van der Waals surface area contributed by atoms with Crippen molar-refractivity contribution in [3.63, 3.8) is 0 Å². The third-order valence-corrected chi connectivity index (χ3v) is 4.28. The van der Waals surface area contributed by atoms with Gasteiger partial charge in [-0.2, -0.15) is 11.8 Å². The van der Waals surface area contributed by atoms with E-state index in [-0.39, 0.29) is 5.91 Å².